The van der Waals surface area contributed by atoms with Crippen LogP contribution in [0.25, 0.3) is 0 Å². The Labute approximate surface area is 147 Å². The highest BCUT2D eigenvalue weighted by atomic mass is 16.5. The first-order valence-corrected chi connectivity index (χ1v) is 8.87. The summed E-state index contributed by atoms with van der Waals surface area (Å²) in [7, 11) is 0. The predicted octanol–water partition coefficient (Wildman–Crippen LogP) is 1.97. The van der Waals surface area contributed by atoms with Gasteiger partial charge in [0, 0.05) is 25.2 Å². The normalized spacial score (nSPS) is 24.4. The largest absolute Gasteiger partial charge is 0.494 e. The number of nitrogens with one attached hydrogen (secondary N) is 1. The highest BCUT2D eigenvalue weighted by Crippen LogP contribution is 2.40. The molecule has 1 heterocycles. The topological polar surface area (TPSA) is 84.9 Å². The molecule has 1 aromatic carbocycles. The van der Waals surface area contributed by atoms with Gasteiger partial charge in [0.2, 0.25) is 5.91 Å². The highest BCUT2D eigenvalue weighted by Gasteiger charge is 2.48. The van der Waals surface area contributed by atoms with Crippen LogP contribution in [0.15, 0.2) is 24.3 Å². The third-order valence-electron chi connectivity index (χ3n) is 5.27. The fourth-order valence-electron chi connectivity index (χ4n) is 3.55. The van der Waals surface area contributed by atoms with Crippen LogP contribution in [0.3, 0.4) is 0 Å². The van der Waals surface area contributed by atoms with Gasteiger partial charge in [-0.1, -0.05) is 12.1 Å². The zero-order valence-corrected chi connectivity index (χ0v) is 14.5. The number of hydrogen-bond acceptors (Lipinski definition) is 4. The first-order chi connectivity index (χ1) is 12.1. The maximum absolute atomic E-state index is 12.2. The molecular weight excluding hydrogens is 322 g/mol. The minimum Gasteiger partial charge on any atom is -0.494 e. The van der Waals surface area contributed by atoms with Gasteiger partial charge in [0.1, 0.15) is 5.75 Å². The summed E-state index contributed by atoms with van der Waals surface area (Å²) >= 11 is 0. The molecule has 3 rings (SSSR count). The summed E-state index contributed by atoms with van der Waals surface area (Å²) in [6.45, 7) is 4.40. The average Bonchev–Trinajstić information content (AvgIpc) is 3.43. The third-order valence-corrected chi connectivity index (χ3v) is 5.27. The lowest BCUT2D eigenvalue weighted by molar-refractivity contribution is -0.140. The van der Waals surface area contributed by atoms with E-state index in [1.165, 1.54) is 0 Å². The van der Waals surface area contributed by atoms with Crippen molar-refractivity contribution in [3.8, 4) is 5.75 Å². The van der Waals surface area contributed by atoms with Crippen molar-refractivity contribution < 1.29 is 24.2 Å². The molecule has 1 aliphatic heterocycles. The number of carboxylic acids is 1. The maximum Gasteiger partial charge on any atom is 0.307 e. The van der Waals surface area contributed by atoms with Crippen LogP contribution >= 0.6 is 0 Å². The molecule has 136 valence electrons. The number of carboxylic acid groups (broad SMARTS) is 1. The number of aliphatic carboxylic acids is 1. The van der Waals surface area contributed by atoms with Crippen molar-refractivity contribution in [2.75, 3.05) is 26.4 Å². The molecule has 0 aromatic heterocycles. The second-order valence-corrected chi connectivity index (χ2v) is 6.85. The van der Waals surface area contributed by atoms with Crippen LogP contribution in [0.2, 0.25) is 0 Å². The minimum absolute atomic E-state index is 0.149. The Morgan fingerprint density at radius 3 is 2.48 bits per heavy atom. The molecule has 0 bridgehead atoms. The summed E-state index contributed by atoms with van der Waals surface area (Å²) in [6, 6.07) is 8.03. The lowest BCUT2D eigenvalue weighted by Crippen LogP contribution is -2.45. The molecule has 1 aliphatic carbocycles. The molecule has 2 N–H and O–H groups in total. The van der Waals surface area contributed by atoms with Crippen LogP contribution in [-0.2, 0) is 19.7 Å². The molecule has 1 saturated carbocycles. The van der Waals surface area contributed by atoms with E-state index in [9.17, 15) is 9.59 Å². The number of benzene rings is 1. The third kappa shape index (κ3) is 3.95. The molecular formula is C19H25NO5. The smallest absolute Gasteiger partial charge is 0.307 e. The van der Waals surface area contributed by atoms with Crippen molar-refractivity contribution in [1.29, 1.82) is 0 Å². The van der Waals surface area contributed by atoms with Crippen LogP contribution in [0.1, 0.15) is 31.7 Å². The molecule has 6 heteroatoms. The van der Waals surface area contributed by atoms with Crippen molar-refractivity contribution in [2.45, 2.75) is 31.6 Å². The number of hydrogen-bond donors (Lipinski definition) is 2. The van der Waals surface area contributed by atoms with Crippen LogP contribution in [0, 0.1) is 11.8 Å². The van der Waals surface area contributed by atoms with Crippen LogP contribution < -0.4 is 10.1 Å². The zero-order chi connectivity index (χ0) is 17.9. The fourth-order valence-corrected chi connectivity index (χ4v) is 3.55. The Bertz CT molecular complexity index is 621. The number of amides is 1. The van der Waals surface area contributed by atoms with Crippen molar-refractivity contribution in [3.05, 3.63) is 29.8 Å². The lowest BCUT2D eigenvalue weighted by atomic mass is 9.74. The molecule has 2 unspecified atom stereocenters. The molecule has 2 fully saturated rings. The highest BCUT2D eigenvalue weighted by molar-refractivity contribution is 5.89. The first-order valence-electron chi connectivity index (χ1n) is 8.87. The van der Waals surface area contributed by atoms with E-state index in [-0.39, 0.29) is 17.2 Å². The van der Waals surface area contributed by atoms with E-state index in [4.69, 9.17) is 14.6 Å². The summed E-state index contributed by atoms with van der Waals surface area (Å²) < 4.78 is 11.0. The molecule has 0 radical (unpaired) electrons. The van der Waals surface area contributed by atoms with Gasteiger partial charge < -0.3 is 19.9 Å². The quantitative estimate of drug-likeness (QED) is 0.788. The number of rotatable bonds is 7. The Morgan fingerprint density at radius 1 is 1.24 bits per heavy atom. The van der Waals surface area contributed by atoms with Crippen molar-refractivity contribution in [1.82, 2.24) is 5.32 Å². The molecule has 1 aromatic rings. The summed E-state index contributed by atoms with van der Waals surface area (Å²) in [4.78, 5) is 23.2. The van der Waals surface area contributed by atoms with Gasteiger partial charge in [-0.15, -0.1) is 0 Å². The van der Waals surface area contributed by atoms with Gasteiger partial charge in [0.05, 0.1) is 18.4 Å². The molecule has 0 spiro atoms. The molecule has 2 aliphatic rings. The summed E-state index contributed by atoms with van der Waals surface area (Å²) in [6.07, 6.45) is 2.10. The van der Waals surface area contributed by atoms with Crippen molar-refractivity contribution in [2.24, 2.45) is 11.8 Å². The van der Waals surface area contributed by atoms with E-state index in [2.05, 4.69) is 17.4 Å². The number of carbonyl (C=O) groups is 2. The SMILES string of the molecule is CCOc1ccc(C2(CNC(=O)C3CC3C(=O)O)CCOCC2)cc1. The van der Waals surface area contributed by atoms with Crippen LogP contribution in [0.4, 0.5) is 0 Å². The number of carbonyl (C=O) groups excluding carboxylic acids is 1. The second kappa shape index (κ2) is 7.44. The van der Waals surface area contributed by atoms with E-state index in [1.54, 1.807) is 0 Å². The van der Waals surface area contributed by atoms with Crippen LogP contribution in [0.5, 0.6) is 5.75 Å². The molecule has 1 amide bonds. The Morgan fingerprint density at radius 2 is 1.92 bits per heavy atom. The maximum atomic E-state index is 12.2. The van der Waals surface area contributed by atoms with E-state index >= 15 is 0 Å². The predicted molar refractivity (Wildman–Crippen MR) is 91.6 cm³/mol. The monoisotopic (exact) mass is 347 g/mol. The van der Waals surface area contributed by atoms with Gasteiger partial charge in [0.25, 0.3) is 0 Å². The molecule has 25 heavy (non-hydrogen) atoms. The van der Waals surface area contributed by atoms with Gasteiger partial charge >= 0.3 is 5.97 Å². The van der Waals surface area contributed by atoms with Gasteiger partial charge in [-0.2, -0.15) is 0 Å². The molecule has 1 saturated heterocycles. The van der Waals surface area contributed by atoms with E-state index in [0.717, 1.165) is 24.2 Å². The van der Waals surface area contributed by atoms with Crippen molar-refractivity contribution in [3.63, 3.8) is 0 Å². The van der Waals surface area contributed by atoms with Gasteiger partial charge in [-0.3, -0.25) is 9.59 Å². The van der Waals surface area contributed by atoms with E-state index < -0.39 is 11.9 Å². The summed E-state index contributed by atoms with van der Waals surface area (Å²) in [5, 5.41) is 12.0. The number of ether oxygens (including phenoxy) is 2. The average molecular weight is 347 g/mol. The van der Waals surface area contributed by atoms with Gasteiger partial charge in [-0.25, -0.2) is 0 Å². The van der Waals surface area contributed by atoms with E-state index in [1.807, 2.05) is 19.1 Å². The summed E-state index contributed by atoms with van der Waals surface area (Å²) in [5.41, 5.74) is 0.983. The summed E-state index contributed by atoms with van der Waals surface area (Å²) in [5.74, 6) is -1.10. The van der Waals surface area contributed by atoms with Crippen molar-refractivity contribution >= 4 is 11.9 Å². The standard InChI is InChI=1S/C19H25NO5/c1-2-25-14-5-3-13(4-6-14)19(7-9-24-10-8-19)12-20-17(21)15-11-16(15)18(22)23/h3-6,15-16H,2,7-12H2,1H3,(H,20,21)(H,22,23). The van der Waals surface area contributed by atoms with E-state index in [0.29, 0.717) is 32.8 Å². The Kier molecular flexibility index (Phi) is 5.27. The lowest BCUT2D eigenvalue weighted by Gasteiger charge is -2.38. The van der Waals surface area contributed by atoms with Gasteiger partial charge in [0.15, 0.2) is 0 Å². The Hall–Kier alpha value is -2.08. The first kappa shape index (κ1) is 17.7. The zero-order valence-electron chi connectivity index (χ0n) is 14.5. The fraction of sp³-hybridized carbons (Fsp3) is 0.579. The van der Waals surface area contributed by atoms with Crippen LogP contribution in [-0.4, -0.2) is 43.3 Å². The molecule has 6 nitrogen and oxygen atoms in total. The van der Waals surface area contributed by atoms with Gasteiger partial charge in [-0.05, 0) is 43.9 Å². The molecule has 2 atom stereocenters. The second-order valence-electron chi connectivity index (χ2n) is 6.85. The Balaban J connectivity index is 1.68. The minimum atomic E-state index is -0.882.